The Hall–Kier alpha value is -1.23. The van der Waals surface area contributed by atoms with Crippen molar-refractivity contribution in [2.45, 2.75) is 6.04 Å². The zero-order valence-electron chi connectivity index (χ0n) is 12.0. The van der Waals surface area contributed by atoms with E-state index in [9.17, 15) is 0 Å². The Bertz CT molecular complexity index is 604. The van der Waals surface area contributed by atoms with Crippen LogP contribution in [0.3, 0.4) is 0 Å². The van der Waals surface area contributed by atoms with Crippen molar-refractivity contribution in [1.82, 2.24) is 0 Å². The highest BCUT2D eigenvalue weighted by Gasteiger charge is 2.19. The summed E-state index contributed by atoms with van der Waals surface area (Å²) in [4.78, 5) is 2.12. The number of nitrogens with zero attached hydrogens (tertiary/aromatic N) is 1. The molecule has 1 atom stereocenters. The van der Waals surface area contributed by atoms with Crippen molar-refractivity contribution in [3.05, 3.63) is 57.5 Å². The van der Waals surface area contributed by atoms with E-state index in [2.05, 4.69) is 20.8 Å². The van der Waals surface area contributed by atoms with Gasteiger partial charge in [0.15, 0.2) is 0 Å². The van der Waals surface area contributed by atoms with E-state index in [-0.39, 0.29) is 6.04 Å². The summed E-state index contributed by atoms with van der Waals surface area (Å²) < 4.78 is 6.17. The van der Waals surface area contributed by atoms with Crippen molar-refractivity contribution in [1.29, 1.82) is 0 Å². The Balaban J connectivity index is 2.33. The van der Waals surface area contributed by atoms with Gasteiger partial charge >= 0.3 is 0 Å². The molecule has 2 N–H and O–H groups in total. The van der Waals surface area contributed by atoms with Crippen LogP contribution in [0, 0.1) is 0 Å². The topological polar surface area (TPSA) is 38.5 Å². The Morgan fingerprint density at radius 3 is 2.48 bits per heavy atom. The Kier molecular flexibility index (Phi) is 5.51. The van der Waals surface area contributed by atoms with Crippen LogP contribution in [0.4, 0.5) is 5.69 Å². The first-order valence-corrected chi connectivity index (χ1v) is 7.75. The van der Waals surface area contributed by atoms with Crippen LogP contribution in [0.5, 0.6) is 5.75 Å². The summed E-state index contributed by atoms with van der Waals surface area (Å²) in [6, 6.07) is 13.7. The van der Waals surface area contributed by atoms with Gasteiger partial charge in [-0.2, -0.15) is 0 Å². The lowest BCUT2D eigenvalue weighted by Crippen LogP contribution is -2.30. The first-order chi connectivity index (χ1) is 10.1. The van der Waals surface area contributed by atoms with Crippen LogP contribution >= 0.6 is 27.5 Å². The molecule has 21 heavy (non-hydrogen) atoms. The number of ether oxygens (including phenoxy) is 1. The van der Waals surface area contributed by atoms with Gasteiger partial charge in [0.05, 0.1) is 13.2 Å². The molecule has 0 aromatic heterocycles. The highest BCUT2D eigenvalue weighted by atomic mass is 79.9. The molecule has 0 saturated carbocycles. The minimum absolute atomic E-state index is 0.00314. The summed E-state index contributed by atoms with van der Waals surface area (Å²) in [5, 5.41) is 0.717. The van der Waals surface area contributed by atoms with Gasteiger partial charge in [-0.25, -0.2) is 0 Å². The van der Waals surface area contributed by atoms with Crippen molar-refractivity contribution in [3.63, 3.8) is 0 Å². The second-order valence-corrected chi connectivity index (χ2v) is 6.05. The van der Waals surface area contributed by atoms with Crippen molar-refractivity contribution < 1.29 is 4.74 Å². The van der Waals surface area contributed by atoms with Crippen LogP contribution in [-0.2, 0) is 0 Å². The predicted octanol–water partition coefficient (Wildman–Crippen LogP) is 4.25. The summed E-state index contributed by atoms with van der Waals surface area (Å²) in [7, 11) is 3.67. The number of hydrogen-bond acceptors (Lipinski definition) is 3. The number of benzene rings is 2. The lowest BCUT2D eigenvalue weighted by Gasteiger charge is -2.30. The molecule has 2 rings (SSSR count). The highest BCUT2D eigenvalue weighted by Crippen LogP contribution is 2.32. The van der Waals surface area contributed by atoms with Crippen molar-refractivity contribution in [3.8, 4) is 5.75 Å². The fraction of sp³-hybridized carbons (Fsp3) is 0.250. The molecule has 0 amide bonds. The average molecular weight is 370 g/mol. The van der Waals surface area contributed by atoms with E-state index in [0.717, 1.165) is 21.5 Å². The molecule has 0 aliphatic heterocycles. The molecule has 112 valence electrons. The maximum atomic E-state index is 6.33. The highest BCUT2D eigenvalue weighted by molar-refractivity contribution is 9.10. The minimum atomic E-state index is 0.00314. The number of rotatable bonds is 5. The van der Waals surface area contributed by atoms with Gasteiger partial charge in [0.1, 0.15) is 5.75 Å². The molecule has 0 bridgehead atoms. The molecule has 0 saturated heterocycles. The maximum Gasteiger partial charge on any atom is 0.119 e. The van der Waals surface area contributed by atoms with Crippen LogP contribution < -0.4 is 15.4 Å². The normalized spacial score (nSPS) is 12.0. The molecule has 2 aromatic carbocycles. The number of nitrogens with two attached hydrogens (primary N) is 1. The van der Waals surface area contributed by atoms with E-state index in [0.29, 0.717) is 11.6 Å². The molecule has 0 spiro atoms. The van der Waals surface area contributed by atoms with Crippen LogP contribution in [0.15, 0.2) is 46.9 Å². The van der Waals surface area contributed by atoms with Gasteiger partial charge in [0.2, 0.25) is 0 Å². The number of methoxy groups -OCH3 is 1. The van der Waals surface area contributed by atoms with Gasteiger partial charge in [0, 0.05) is 28.8 Å². The van der Waals surface area contributed by atoms with E-state index >= 15 is 0 Å². The molecule has 0 fully saturated rings. The molecule has 3 nitrogen and oxygen atoms in total. The van der Waals surface area contributed by atoms with Crippen LogP contribution in [0.1, 0.15) is 11.6 Å². The van der Waals surface area contributed by atoms with Gasteiger partial charge in [-0.1, -0.05) is 27.5 Å². The van der Waals surface area contributed by atoms with E-state index in [1.54, 1.807) is 7.11 Å². The molecule has 0 aliphatic carbocycles. The zero-order valence-corrected chi connectivity index (χ0v) is 14.4. The number of halogens is 2. The summed E-state index contributed by atoms with van der Waals surface area (Å²) in [5.41, 5.74) is 8.04. The number of likely N-dealkylation sites (N-methyl/N-ethyl adjacent to an activating group) is 1. The van der Waals surface area contributed by atoms with E-state index in [4.69, 9.17) is 22.1 Å². The van der Waals surface area contributed by atoms with Gasteiger partial charge in [-0.3, -0.25) is 0 Å². The monoisotopic (exact) mass is 368 g/mol. The van der Waals surface area contributed by atoms with E-state index in [1.165, 1.54) is 0 Å². The first-order valence-electron chi connectivity index (χ1n) is 6.58. The zero-order chi connectivity index (χ0) is 15.4. The second kappa shape index (κ2) is 7.16. The second-order valence-electron chi connectivity index (χ2n) is 4.73. The van der Waals surface area contributed by atoms with Crippen molar-refractivity contribution in [2.75, 3.05) is 25.6 Å². The molecule has 0 radical (unpaired) electrons. The van der Waals surface area contributed by atoms with Gasteiger partial charge in [-0.15, -0.1) is 0 Å². The third-order valence-electron chi connectivity index (χ3n) is 3.49. The van der Waals surface area contributed by atoms with Gasteiger partial charge < -0.3 is 15.4 Å². The van der Waals surface area contributed by atoms with Crippen LogP contribution in [0.2, 0.25) is 5.02 Å². The molecule has 0 aliphatic rings. The SMILES string of the molecule is COc1ccc(N(C)C(CN)c2cc(Br)ccc2Cl)cc1. The number of anilines is 1. The Morgan fingerprint density at radius 2 is 1.90 bits per heavy atom. The summed E-state index contributed by atoms with van der Waals surface area (Å²) in [5.74, 6) is 0.830. The van der Waals surface area contributed by atoms with Crippen molar-refractivity contribution in [2.24, 2.45) is 5.73 Å². The lowest BCUT2D eigenvalue weighted by molar-refractivity contribution is 0.415. The van der Waals surface area contributed by atoms with Crippen LogP contribution in [-0.4, -0.2) is 20.7 Å². The third-order valence-corrected chi connectivity index (χ3v) is 4.32. The van der Waals surface area contributed by atoms with Crippen LogP contribution in [0.25, 0.3) is 0 Å². The quantitative estimate of drug-likeness (QED) is 0.856. The molecule has 1 unspecified atom stereocenters. The van der Waals surface area contributed by atoms with E-state index < -0.39 is 0 Å². The fourth-order valence-corrected chi connectivity index (χ4v) is 2.88. The molecular weight excluding hydrogens is 352 g/mol. The molecular formula is C16H18BrClN2O. The molecule has 2 aromatic rings. The largest absolute Gasteiger partial charge is 0.497 e. The summed E-state index contributed by atoms with van der Waals surface area (Å²) in [6.07, 6.45) is 0. The average Bonchev–Trinajstić information content (AvgIpc) is 2.51. The summed E-state index contributed by atoms with van der Waals surface area (Å²) >= 11 is 9.81. The smallest absolute Gasteiger partial charge is 0.119 e. The maximum absolute atomic E-state index is 6.33. The Labute approximate surface area is 138 Å². The summed E-state index contributed by atoms with van der Waals surface area (Å²) in [6.45, 7) is 0.471. The number of hydrogen-bond donors (Lipinski definition) is 1. The van der Waals surface area contributed by atoms with Gasteiger partial charge in [0.25, 0.3) is 0 Å². The minimum Gasteiger partial charge on any atom is -0.497 e. The fourth-order valence-electron chi connectivity index (χ4n) is 2.26. The first kappa shape index (κ1) is 16.1. The van der Waals surface area contributed by atoms with Gasteiger partial charge in [-0.05, 0) is 48.0 Å². The Morgan fingerprint density at radius 1 is 1.24 bits per heavy atom. The van der Waals surface area contributed by atoms with E-state index in [1.807, 2.05) is 49.5 Å². The predicted molar refractivity (Wildman–Crippen MR) is 92.3 cm³/mol. The third kappa shape index (κ3) is 3.70. The lowest BCUT2D eigenvalue weighted by atomic mass is 10.0. The molecule has 5 heteroatoms. The van der Waals surface area contributed by atoms with Crippen molar-refractivity contribution >= 4 is 33.2 Å². The molecule has 0 heterocycles. The standard InChI is InChI=1S/C16H18BrClN2O/c1-20(12-4-6-13(21-2)7-5-12)16(10-19)14-9-11(17)3-8-15(14)18/h3-9,16H,10,19H2,1-2H3.